The number of carbonyl (C=O) groups is 1. The van der Waals surface area contributed by atoms with Gasteiger partial charge in [-0.15, -0.1) is 0 Å². The van der Waals surface area contributed by atoms with Gasteiger partial charge in [0.15, 0.2) is 5.78 Å². The van der Waals surface area contributed by atoms with Crippen LogP contribution in [0.15, 0.2) is 30.3 Å². The quantitative estimate of drug-likeness (QED) is 0.668. The van der Waals surface area contributed by atoms with Gasteiger partial charge in [0.05, 0.1) is 10.7 Å². The molecular weight excluding hydrogens is 265 g/mol. The van der Waals surface area contributed by atoms with E-state index < -0.39 is 0 Å². The number of rotatable bonds is 2. The second kappa shape index (κ2) is 5.02. The highest BCUT2D eigenvalue weighted by atomic mass is 35.5. The van der Waals surface area contributed by atoms with Crippen LogP contribution in [0.1, 0.15) is 27.0 Å². The molecule has 2 N–H and O–H groups in total. The lowest BCUT2D eigenvalue weighted by atomic mass is 9.94. The molecule has 0 heterocycles. The zero-order valence-electron chi connectivity index (χ0n) is 10.6. The van der Waals surface area contributed by atoms with Crippen LogP contribution in [0.3, 0.4) is 0 Å². The maximum Gasteiger partial charge on any atom is 0.195 e. The van der Waals surface area contributed by atoms with Gasteiger partial charge < -0.3 is 5.73 Å². The number of aryl methyl sites for hydroxylation is 2. The van der Waals surface area contributed by atoms with Gasteiger partial charge >= 0.3 is 0 Å². The van der Waals surface area contributed by atoms with Crippen LogP contribution in [0.4, 0.5) is 10.1 Å². The van der Waals surface area contributed by atoms with Gasteiger partial charge in [0.1, 0.15) is 5.82 Å². The first kappa shape index (κ1) is 13.6. The topological polar surface area (TPSA) is 43.1 Å². The van der Waals surface area contributed by atoms with E-state index in [-0.39, 0.29) is 16.6 Å². The van der Waals surface area contributed by atoms with Crippen molar-refractivity contribution < 1.29 is 9.18 Å². The molecule has 0 aliphatic carbocycles. The van der Waals surface area contributed by atoms with Crippen LogP contribution < -0.4 is 5.73 Å². The third-order valence-corrected chi connectivity index (χ3v) is 3.42. The Kier molecular flexibility index (Phi) is 3.58. The molecule has 0 aliphatic heterocycles. The highest BCUT2D eigenvalue weighted by molar-refractivity contribution is 6.37. The first-order valence-electron chi connectivity index (χ1n) is 5.77. The van der Waals surface area contributed by atoms with E-state index in [1.54, 1.807) is 32.0 Å². The summed E-state index contributed by atoms with van der Waals surface area (Å²) in [7, 11) is 0. The maximum absolute atomic E-state index is 13.3. The number of hydrogen-bond donors (Lipinski definition) is 1. The summed E-state index contributed by atoms with van der Waals surface area (Å²) in [6.07, 6.45) is 0. The molecule has 0 spiro atoms. The normalized spacial score (nSPS) is 10.5. The van der Waals surface area contributed by atoms with Gasteiger partial charge in [-0.3, -0.25) is 4.79 Å². The predicted octanol–water partition coefficient (Wildman–Crippen LogP) is 3.91. The average molecular weight is 278 g/mol. The minimum atomic E-state index is -0.356. The summed E-state index contributed by atoms with van der Waals surface area (Å²) in [5, 5.41) is 0.232. The summed E-state index contributed by atoms with van der Waals surface area (Å²) in [5.74, 6) is -0.600. The van der Waals surface area contributed by atoms with Crippen LogP contribution in [-0.2, 0) is 0 Å². The fourth-order valence-corrected chi connectivity index (χ4v) is 2.34. The van der Waals surface area contributed by atoms with Crippen molar-refractivity contribution in [2.45, 2.75) is 13.8 Å². The molecule has 0 aromatic heterocycles. The van der Waals surface area contributed by atoms with Crippen molar-refractivity contribution in [1.29, 1.82) is 0 Å². The van der Waals surface area contributed by atoms with E-state index >= 15 is 0 Å². The van der Waals surface area contributed by atoms with E-state index in [9.17, 15) is 9.18 Å². The Hall–Kier alpha value is -1.87. The van der Waals surface area contributed by atoms with Crippen LogP contribution in [0, 0.1) is 19.7 Å². The lowest BCUT2D eigenvalue weighted by Gasteiger charge is -2.11. The van der Waals surface area contributed by atoms with E-state index in [2.05, 4.69) is 0 Å². The summed E-state index contributed by atoms with van der Waals surface area (Å²) in [6, 6.07) is 7.58. The number of ketones is 1. The van der Waals surface area contributed by atoms with Crippen LogP contribution in [0.5, 0.6) is 0 Å². The monoisotopic (exact) mass is 277 g/mol. The second-order valence-corrected chi connectivity index (χ2v) is 4.83. The number of nitrogen functional groups attached to an aromatic ring is 1. The molecule has 0 fully saturated rings. The molecule has 98 valence electrons. The Morgan fingerprint density at radius 3 is 2.37 bits per heavy atom. The lowest BCUT2D eigenvalue weighted by Crippen LogP contribution is -2.08. The lowest BCUT2D eigenvalue weighted by molar-refractivity contribution is 0.103. The van der Waals surface area contributed by atoms with E-state index in [1.807, 2.05) is 0 Å². The first-order valence-corrected chi connectivity index (χ1v) is 6.15. The minimum absolute atomic E-state index is 0.232. The zero-order chi connectivity index (χ0) is 14.2. The van der Waals surface area contributed by atoms with Crippen molar-refractivity contribution in [2.24, 2.45) is 0 Å². The van der Waals surface area contributed by atoms with E-state index in [1.165, 1.54) is 12.1 Å². The smallest absolute Gasteiger partial charge is 0.195 e. The highest BCUT2D eigenvalue weighted by Crippen LogP contribution is 2.27. The second-order valence-electron chi connectivity index (χ2n) is 4.45. The van der Waals surface area contributed by atoms with Crippen LogP contribution >= 0.6 is 11.6 Å². The standard InChI is InChI=1S/C15H13ClFNO/c1-8-6-10(17)7-9(2)13(8)15(19)11-4-3-5-12(18)14(11)16/h3-7H,18H2,1-2H3. The highest BCUT2D eigenvalue weighted by Gasteiger charge is 2.18. The maximum atomic E-state index is 13.3. The molecule has 0 radical (unpaired) electrons. The Bertz CT molecular complexity index is 644. The summed E-state index contributed by atoms with van der Waals surface area (Å²) in [4.78, 5) is 12.5. The zero-order valence-corrected chi connectivity index (χ0v) is 11.4. The van der Waals surface area contributed by atoms with Crippen molar-refractivity contribution in [1.82, 2.24) is 0 Å². The number of halogens is 2. The van der Waals surface area contributed by atoms with Crippen molar-refractivity contribution in [3.05, 3.63) is 63.4 Å². The van der Waals surface area contributed by atoms with E-state index in [0.29, 0.717) is 27.9 Å². The number of carbonyl (C=O) groups excluding carboxylic acids is 1. The Morgan fingerprint density at radius 2 is 1.79 bits per heavy atom. The average Bonchev–Trinajstić information content (AvgIpc) is 2.31. The molecule has 0 unspecified atom stereocenters. The molecule has 0 atom stereocenters. The molecule has 2 rings (SSSR count). The Morgan fingerprint density at radius 1 is 1.21 bits per heavy atom. The van der Waals surface area contributed by atoms with E-state index in [0.717, 1.165) is 0 Å². The largest absolute Gasteiger partial charge is 0.398 e. The number of benzene rings is 2. The van der Waals surface area contributed by atoms with Gasteiger partial charge in [0, 0.05) is 11.1 Å². The molecule has 4 heteroatoms. The van der Waals surface area contributed by atoms with Crippen LogP contribution in [0.25, 0.3) is 0 Å². The molecule has 2 aromatic carbocycles. The Balaban J connectivity index is 2.60. The van der Waals surface area contributed by atoms with Crippen molar-refractivity contribution in [2.75, 3.05) is 5.73 Å². The van der Waals surface area contributed by atoms with Crippen LogP contribution in [0.2, 0.25) is 5.02 Å². The summed E-state index contributed by atoms with van der Waals surface area (Å²) in [5.41, 5.74) is 8.01. The first-order chi connectivity index (χ1) is 8.91. The number of nitrogens with two attached hydrogens (primary N) is 1. The Labute approximate surface area is 116 Å². The van der Waals surface area contributed by atoms with Crippen molar-refractivity contribution in [3.63, 3.8) is 0 Å². The van der Waals surface area contributed by atoms with Crippen molar-refractivity contribution in [3.8, 4) is 0 Å². The fraction of sp³-hybridized carbons (Fsp3) is 0.133. The third-order valence-electron chi connectivity index (χ3n) is 3.00. The molecule has 0 aliphatic rings. The van der Waals surface area contributed by atoms with Gasteiger partial charge in [-0.1, -0.05) is 17.7 Å². The SMILES string of the molecule is Cc1cc(F)cc(C)c1C(=O)c1cccc(N)c1Cl. The fourth-order valence-electron chi connectivity index (χ4n) is 2.13. The van der Waals surface area contributed by atoms with Gasteiger partial charge in [0.25, 0.3) is 0 Å². The molecule has 0 saturated carbocycles. The molecule has 0 bridgehead atoms. The molecule has 19 heavy (non-hydrogen) atoms. The van der Waals surface area contributed by atoms with E-state index in [4.69, 9.17) is 17.3 Å². The number of anilines is 1. The number of hydrogen-bond acceptors (Lipinski definition) is 2. The third kappa shape index (κ3) is 2.47. The molecule has 2 aromatic rings. The molecular formula is C15H13ClFNO. The predicted molar refractivity (Wildman–Crippen MR) is 75.2 cm³/mol. The molecule has 0 saturated heterocycles. The van der Waals surface area contributed by atoms with Crippen LogP contribution in [-0.4, -0.2) is 5.78 Å². The van der Waals surface area contributed by atoms with Crippen molar-refractivity contribution >= 4 is 23.1 Å². The molecule has 0 amide bonds. The molecule has 2 nitrogen and oxygen atoms in total. The van der Waals surface area contributed by atoms with Gasteiger partial charge in [-0.2, -0.15) is 0 Å². The summed E-state index contributed by atoms with van der Waals surface area (Å²) < 4.78 is 13.3. The summed E-state index contributed by atoms with van der Waals surface area (Å²) in [6.45, 7) is 3.40. The van der Waals surface area contributed by atoms with Gasteiger partial charge in [-0.05, 0) is 49.2 Å². The summed E-state index contributed by atoms with van der Waals surface area (Å²) >= 11 is 6.05. The minimum Gasteiger partial charge on any atom is -0.398 e. The van der Waals surface area contributed by atoms with Gasteiger partial charge in [-0.25, -0.2) is 4.39 Å². The van der Waals surface area contributed by atoms with Gasteiger partial charge in [0.2, 0.25) is 0 Å².